The Labute approximate surface area is 123 Å². The van der Waals surface area contributed by atoms with E-state index in [4.69, 9.17) is 5.73 Å². The average Bonchev–Trinajstić information content (AvgIpc) is 2.38. The molecule has 0 radical (unpaired) electrons. The lowest BCUT2D eigenvalue weighted by Crippen LogP contribution is -2.50. The quantitative estimate of drug-likeness (QED) is 0.915. The van der Waals surface area contributed by atoms with Gasteiger partial charge in [0.2, 0.25) is 0 Å². The molecule has 1 aromatic carbocycles. The van der Waals surface area contributed by atoms with Crippen LogP contribution >= 0.6 is 0 Å². The van der Waals surface area contributed by atoms with Gasteiger partial charge in [-0.05, 0) is 33.3 Å². The highest BCUT2D eigenvalue weighted by atomic mass is 15.3. The zero-order chi connectivity index (χ0) is 14.7. The molecule has 0 saturated carbocycles. The summed E-state index contributed by atoms with van der Waals surface area (Å²) < 4.78 is 0. The first kappa shape index (κ1) is 15.5. The van der Waals surface area contributed by atoms with Gasteiger partial charge in [0.25, 0.3) is 0 Å². The van der Waals surface area contributed by atoms with Crippen LogP contribution in [0.3, 0.4) is 0 Å². The van der Waals surface area contributed by atoms with Crippen molar-refractivity contribution in [1.29, 1.82) is 0 Å². The standard InChI is InChI=1S/C17H29N3/c1-13(2)20-7-5-19(6-8-20)12-17(18)16-10-14(3)9-15(4)11-16/h9-11,13,17H,5-8,12,18H2,1-4H3. The number of piperazine rings is 1. The van der Waals surface area contributed by atoms with Gasteiger partial charge in [-0.15, -0.1) is 0 Å². The lowest BCUT2D eigenvalue weighted by molar-refractivity contribution is 0.104. The molecule has 3 nitrogen and oxygen atoms in total. The molecule has 1 fully saturated rings. The first-order chi connectivity index (χ1) is 9.45. The number of nitrogens with zero attached hydrogens (tertiary/aromatic N) is 2. The fourth-order valence-electron chi connectivity index (χ4n) is 3.07. The summed E-state index contributed by atoms with van der Waals surface area (Å²) in [6.07, 6.45) is 0. The fourth-order valence-corrected chi connectivity index (χ4v) is 3.07. The monoisotopic (exact) mass is 275 g/mol. The van der Waals surface area contributed by atoms with Gasteiger partial charge >= 0.3 is 0 Å². The van der Waals surface area contributed by atoms with E-state index in [1.54, 1.807) is 0 Å². The number of rotatable bonds is 4. The molecule has 2 rings (SSSR count). The molecular weight excluding hydrogens is 246 g/mol. The molecule has 1 heterocycles. The largest absolute Gasteiger partial charge is 0.323 e. The Hall–Kier alpha value is -0.900. The number of aryl methyl sites for hydroxylation is 2. The van der Waals surface area contributed by atoms with Crippen LogP contribution in [0.2, 0.25) is 0 Å². The van der Waals surface area contributed by atoms with Gasteiger partial charge in [-0.1, -0.05) is 29.3 Å². The Balaban J connectivity index is 1.90. The van der Waals surface area contributed by atoms with Crippen molar-refractivity contribution in [3.63, 3.8) is 0 Å². The van der Waals surface area contributed by atoms with Crippen LogP contribution in [-0.2, 0) is 0 Å². The second-order valence-corrected chi connectivity index (χ2v) is 6.46. The summed E-state index contributed by atoms with van der Waals surface area (Å²) in [5, 5.41) is 0. The van der Waals surface area contributed by atoms with E-state index >= 15 is 0 Å². The summed E-state index contributed by atoms with van der Waals surface area (Å²) in [6.45, 7) is 14.4. The molecule has 20 heavy (non-hydrogen) atoms. The first-order valence-electron chi connectivity index (χ1n) is 7.76. The Bertz CT molecular complexity index is 414. The van der Waals surface area contributed by atoms with E-state index in [0.29, 0.717) is 6.04 Å². The highest BCUT2D eigenvalue weighted by Crippen LogP contribution is 2.17. The van der Waals surface area contributed by atoms with Gasteiger partial charge in [0.05, 0.1) is 0 Å². The summed E-state index contributed by atoms with van der Waals surface area (Å²) in [4.78, 5) is 5.04. The van der Waals surface area contributed by atoms with Crippen molar-refractivity contribution in [3.05, 3.63) is 34.9 Å². The molecule has 1 aromatic rings. The second kappa shape index (κ2) is 6.70. The highest BCUT2D eigenvalue weighted by molar-refractivity contribution is 5.30. The molecule has 1 unspecified atom stereocenters. The molecule has 1 atom stereocenters. The number of hydrogen-bond acceptors (Lipinski definition) is 3. The van der Waals surface area contributed by atoms with Crippen molar-refractivity contribution < 1.29 is 0 Å². The highest BCUT2D eigenvalue weighted by Gasteiger charge is 2.20. The molecular formula is C17H29N3. The van der Waals surface area contributed by atoms with Crippen molar-refractivity contribution in [3.8, 4) is 0 Å². The first-order valence-corrected chi connectivity index (χ1v) is 7.76. The topological polar surface area (TPSA) is 32.5 Å². The normalized spacial score (nSPS) is 19.5. The molecule has 0 amide bonds. The van der Waals surface area contributed by atoms with Crippen molar-refractivity contribution in [2.24, 2.45) is 5.73 Å². The summed E-state index contributed by atoms with van der Waals surface area (Å²) in [7, 11) is 0. The summed E-state index contributed by atoms with van der Waals surface area (Å²) in [5.41, 5.74) is 10.3. The zero-order valence-corrected chi connectivity index (χ0v) is 13.4. The predicted octanol–water partition coefficient (Wildman–Crippen LogP) is 2.33. The van der Waals surface area contributed by atoms with Crippen LogP contribution in [0, 0.1) is 13.8 Å². The second-order valence-electron chi connectivity index (χ2n) is 6.46. The summed E-state index contributed by atoms with van der Waals surface area (Å²) in [6, 6.07) is 7.44. The SMILES string of the molecule is Cc1cc(C)cc(C(N)CN2CCN(C(C)C)CC2)c1. The third kappa shape index (κ3) is 4.05. The lowest BCUT2D eigenvalue weighted by Gasteiger charge is -2.37. The average molecular weight is 275 g/mol. The minimum Gasteiger partial charge on any atom is -0.323 e. The van der Waals surface area contributed by atoms with Gasteiger partial charge in [0, 0.05) is 44.8 Å². The van der Waals surface area contributed by atoms with E-state index in [-0.39, 0.29) is 6.04 Å². The third-order valence-corrected chi connectivity index (χ3v) is 4.26. The van der Waals surface area contributed by atoms with Crippen LogP contribution in [0.15, 0.2) is 18.2 Å². The number of benzene rings is 1. The van der Waals surface area contributed by atoms with Crippen LogP contribution in [0.4, 0.5) is 0 Å². The number of hydrogen-bond donors (Lipinski definition) is 1. The van der Waals surface area contributed by atoms with Gasteiger partial charge in [0.1, 0.15) is 0 Å². The van der Waals surface area contributed by atoms with Crippen LogP contribution in [0.1, 0.15) is 36.6 Å². The molecule has 1 saturated heterocycles. The Morgan fingerprint density at radius 1 is 1.00 bits per heavy atom. The summed E-state index contributed by atoms with van der Waals surface area (Å²) >= 11 is 0. The minimum atomic E-state index is 0.124. The molecule has 0 bridgehead atoms. The van der Waals surface area contributed by atoms with Crippen LogP contribution in [0.5, 0.6) is 0 Å². The van der Waals surface area contributed by atoms with Crippen molar-refractivity contribution in [1.82, 2.24) is 9.80 Å². The molecule has 0 spiro atoms. The lowest BCUT2D eigenvalue weighted by atomic mass is 10.0. The smallest absolute Gasteiger partial charge is 0.0424 e. The molecule has 1 aliphatic heterocycles. The predicted molar refractivity (Wildman–Crippen MR) is 86.0 cm³/mol. The van der Waals surface area contributed by atoms with Crippen LogP contribution in [0.25, 0.3) is 0 Å². The molecule has 1 aliphatic rings. The van der Waals surface area contributed by atoms with Crippen LogP contribution in [-0.4, -0.2) is 48.6 Å². The molecule has 0 aromatic heterocycles. The Morgan fingerprint density at radius 3 is 2.05 bits per heavy atom. The van der Waals surface area contributed by atoms with Gasteiger partial charge < -0.3 is 5.73 Å². The van der Waals surface area contributed by atoms with E-state index in [1.807, 2.05) is 0 Å². The van der Waals surface area contributed by atoms with Gasteiger partial charge in [-0.3, -0.25) is 9.80 Å². The van der Waals surface area contributed by atoms with Gasteiger partial charge in [-0.2, -0.15) is 0 Å². The maximum Gasteiger partial charge on any atom is 0.0424 e. The van der Waals surface area contributed by atoms with E-state index in [9.17, 15) is 0 Å². The zero-order valence-electron chi connectivity index (χ0n) is 13.4. The molecule has 2 N–H and O–H groups in total. The van der Waals surface area contributed by atoms with E-state index in [1.165, 1.54) is 16.7 Å². The number of nitrogens with two attached hydrogens (primary N) is 1. The van der Waals surface area contributed by atoms with Crippen molar-refractivity contribution in [2.45, 2.75) is 39.8 Å². The molecule has 112 valence electrons. The van der Waals surface area contributed by atoms with Crippen LogP contribution < -0.4 is 5.73 Å². The molecule has 3 heteroatoms. The van der Waals surface area contributed by atoms with E-state index < -0.39 is 0 Å². The Kier molecular flexibility index (Phi) is 5.19. The summed E-state index contributed by atoms with van der Waals surface area (Å²) in [5.74, 6) is 0. The fraction of sp³-hybridized carbons (Fsp3) is 0.647. The molecule has 0 aliphatic carbocycles. The third-order valence-electron chi connectivity index (χ3n) is 4.26. The van der Waals surface area contributed by atoms with Crippen molar-refractivity contribution >= 4 is 0 Å². The van der Waals surface area contributed by atoms with Crippen molar-refractivity contribution in [2.75, 3.05) is 32.7 Å². The maximum absolute atomic E-state index is 6.40. The Morgan fingerprint density at radius 2 is 1.55 bits per heavy atom. The van der Waals surface area contributed by atoms with Gasteiger partial charge in [0.15, 0.2) is 0 Å². The van der Waals surface area contributed by atoms with E-state index in [2.05, 4.69) is 55.7 Å². The maximum atomic E-state index is 6.40. The van der Waals surface area contributed by atoms with E-state index in [0.717, 1.165) is 32.7 Å². The minimum absolute atomic E-state index is 0.124. The van der Waals surface area contributed by atoms with Gasteiger partial charge in [-0.25, -0.2) is 0 Å².